The molecule has 0 aromatic heterocycles. The van der Waals surface area contributed by atoms with Crippen molar-refractivity contribution in [2.75, 3.05) is 13.2 Å². The summed E-state index contributed by atoms with van der Waals surface area (Å²) in [6, 6.07) is 0. The van der Waals surface area contributed by atoms with E-state index in [0.717, 1.165) is 12.8 Å². The van der Waals surface area contributed by atoms with Crippen LogP contribution in [0.2, 0.25) is 0 Å². The van der Waals surface area contributed by atoms with E-state index in [1.54, 1.807) is 0 Å². The lowest BCUT2D eigenvalue weighted by atomic mass is 10.4. The van der Waals surface area contributed by atoms with E-state index in [9.17, 15) is 17.6 Å². The summed E-state index contributed by atoms with van der Waals surface area (Å²) in [6.45, 7) is 2.40. The van der Waals surface area contributed by atoms with Crippen molar-refractivity contribution < 1.29 is 27.0 Å². The molecule has 0 N–H and O–H groups in total. The summed E-state index contributed by atoms with van der Waals surface area (Å²) in [6.07, 6.45) is -2.92. The minimum absolute atomic E-state index is 0.373. The average Bonchev–Trinajstić information content (AvgIpc) is 2.15. The summed E-state index contributed by atoms with van der Waals surface area (Å²) in [7, 11) is 0. The largest absolute Gasteiger partial charge is 0.353 e. The third-order valence-corrected chi connectivity index (χ3v) is 1.68. The quantitative estimate of drug-likeness (QED) is 0.364. The first-order valence-electron chi connectivity index (χ1n) is 4.79. The van der Waals surface area contributed by atoms with Crippen LogP contribution >= 0.6 is 0 Å². The zero-order chi connectivity index (χ0) is 11.9. The van der Waals surface area contributed by atoms with Gasteiger partial charge < -0.3 is 9.47 Å². The second-order valence-electron chi connectivity index (χ2n) is 3.16. The Morgan fingerprint density at radius 2 is 1.80 bits per heavy atom. The number of hydrogen-bond acceptors (Lipinski definition) is 2. The zero-order valence-corrected chi connectivity index (χ0v) is 8.81. The normalized spacial score (nSPS) is 14.6. The molecular formula is C9H16F4O2. The van der Waals surface area contributed by atoms with Gasteiger partial charge in [-0.1, -0.05) is 13.3 Å². The van der Waals surface area contributed by atoms with Crippen molar-refractivity contribution in [2.45, 2.75) is 45.3 Å². The van der Waals surface area contributed by atoms with Crippen molar-refractivity contribution in [1.82, 2.24) is 0 Å². The average molecular weight is 232 g/mol. The van der Waals surface area contributed by atoms with Crippen LogP contribution in [0.1, 0.15) is 26.7 Å². The van der Waals surface area contributed by atoms with Gasteiger partial charge in [-0.25, -0.2) is 8.78 Å². The molecule has 0 fully saturated rings. The fraction of sp³-hybridized carbons (Fsp3) is 1.00. The molecule has 6 heteroatoms. The maximum atomic E-state index is 12.4. The summed E-state index contributed by atoms with van der Waals surface area (Å²) in [5.41, 5.74) is 0. The molecule has 0 rings (SSSR count). The van der Waals surface area contributed by atoms with Gasteiger partial charge in [0.25, 0.3) is 0 Å². The van der Waals surface area contributed by atoms with Crippen LogP contribution in [0.4, 0.5) is 17.6 Å². The molecule has 2 nitrogen and oxygen atoms in total. The first-order valence-corrected chi connectivity index (χ1v) is 4.79. The SMILES string of the molecule is CCCCO[C@@H](C)OCC(F)(F)C(F)F. The highest BCUT2D eigenvalue weighted by Gasteiger charge is 2.41. The van der Waals surface area contributed by atoms with Gasteiger partial charge in [-0.05, 0) is 13.3 Å². The van der Waals surface area contributed by atoms with Gasteiger partial charge in [0, 0.05) is 6.61 Å². The summed E-state index contributed by atoms with van der Waals surface area (Å²) in [4.78, 5) is 0. The topological polar surface area (TPSA) is 18.5 Å². The van der Waals surface area contributed by atoms with Gasteiger partial charge in [0.15, 0.2) is 6.29 Å². The molecule has 0 saturated carbocycles. The number of halogens is 4. The molecule has 0 bridgehead atoms. The Hall–Kier alpha value is -0.360. The van der Waals surface area contributed by atoms with Crippen molar-refractivity contribution in [3.8, 4) is 0 Å². The lowest BCUT2D eigenvalue weighted by Gasteiger charge is -2.19. The lowest BCUT2D eigenvalue weighted by molar-refractivity contribution is -0.214. The Balaban J connectivity index is 3.65. The van der Waals surface area contributed by atoms with Gasteiger partial charge in [-0.2, -0.15) is 8.78 Å². The molecule has 15 heavy (non-hydrogen) atoms. The minimum atomic E-state index is -4.11. The summed E-state index contributed by atoms with van der Waals surface area (Å²) >= 11 is 0. The second-order valence-corrected chi connectivity index (χ2v) is 3.16. The van der Waals surface area contributed by atoms with Crippen LogP contribution in [0.5, 0.6) is 0 Å². The number of rotatable bonds is 8. The summed E-state index contributed by atoms with van der Waals surface area (Å²) in [5, 5.41) is 0. The van der Waals surface area contributed by atoms with Crippen LogP contribution in [0.25, 0.3) is 0 Å². The summed E-state index contributed by atoms with van der Waals surface area (Å²) in [5.74, 6) is -4.11. The van der Waals surface area contributed by atoms with Crippen molar-refractivity contribution in [3.63, 3.8) is 0 Å². The molecule has 0 spiro atoms. The fourth-order valence-corrected chi connectivity index (χ4v) is 0.733. The Labute approximate surface area is 86.5 Å². The number of hydrogen-bond donors (Lipinski definition) is 0. The van der Waals surface area contributed by atoms with Crippen molar-refractivity contribution in [3.05, 3.63) is 0 Å². The van der Waals surface area contributed by atoms with Gasteiger partial charge in [0.05, 0.1) is 0 Å². The minimum Gasteiger partial charge on any atom is -0.353 e. The number of unbranched alkanes of at least 4 members (excludes halogenated alkanes) is 1. The Bertz CT molecular complexity index is 164. The van der Waals surface area contributed by atoms with Crippen LogP contribution in [-0.4, -0.2) is 31.9 Å². The van der Waals surface area contributed by atoms with Gasteiger partial charge in [0.2, 0.25) is 0 Å². The van der Waals surface area contributed by atoms with E-state index in [-0.39, 0.29) is 0 Å². The lowest BCUT2D eigenvalue weighted by Crippen LogP contribution is -2.34. The molecule has 0 aliphatic carbocycles. The highest BCUT2D eigenvalue weighted by molar-refractivity contribution is 4.67. The standard InChI is InChI=1S/C9H16F4O2/c1-3-4-5-14-7(2)15-6-9(12,13)8(10)11/h7-8H,3-6H2,1-2H3/t7-/m1/s1. The molecule has 1 atom stereocenters. The van der Waals surface area contributed by atoms with Crippen LogP contribution in [0, 0.1) is 0 Å². The van der Waals surface area contributed by atoms with Crippen LogP contribution in [-0.2, 0) is 9.47 Å². The van der Waals surface area contributed by atoms with Crippen molar-refractivity contribution in [2.24, 2.45) is 0 Å². The smallest absolute Gasteiger partial charge is 0.330 e. The molecule has 0 aliphatic heterocycles. The third-order valence-electron chi connectivity index (χ3n) is 1.68. The molecular weight excluding hydrogens is 216 g/mol. The van der Waals surface area contributed by atoms with E-state index >= 15 is 0 Å². The third kappa shape index (κ3) is 6.67. The molecule has 0 aromatic rings. The number of ether oxygens (including phenoxy) is 2. The van der Waals surface area contributed by atoms with E-state index < -0.39 is 25.2 Å². The Morgan fingerprint density at radius 1 is 1.20 bits per heavy atom. The summed E-state index contributed by atoms with van der Waals surface area (Å²) < 4.78 is 57.5. The molecule has 0 aliphatic rings. The Morgan fingerprint density at radius 3 is 2.27 bits per heavy atom. The van der Waals surface area contributed by atoms with E-state index in [1.165, 1.54) is 6.92 Å². The first kappa shape index (κ1) is 14.6. The molecule has 0 heterocycles. The maximum absolute atomic E-state index is 12.4. The molecule has 0 radical (unpaired) electrons. The van der Waals surface area contributed by atoms with Crippen LogP contribution in [0.3, 0.4) is 0 Å². The van der Waals surface area contributed by atoms with Gasteiger partial charge >= 0.3 is 12.3 Å². The predicted octanol–water partition coefficient (Wildman–Crippen LogP) is 3.07. The molecule has 0 unspecified atom stereocenters. The monoisotopic (exact) mass is 232 g/mol. The van der Waals surface area contributed by atoms with Crippen LogP contribution < -0.4 is 0 Å². The predicted molar refractivity (Wildman–Crippen MR) is 47.2 cm³/mol. The fourth-order valence-electron chi connectivity index (χ4n) is 0.733. The van der Waals surface area contributed by atoms with E-state index in [0.29, 0.717) is 6.61 Å². The van der Waals surface area contributed by atoms with Crippen molar-refractivity contribution >= 4 is 0 Å². The highest BCUT2D eigenvalue weighted by atomic mass is 19.3. The molecule has 0 amide bonds. The van der Waals surface area contributed by atoms with Gasteiger partial charge in [-0.3, -0.25) is 0 Å². The van der Waals surface area contributed by atoms with E-state index in [4.69, 9.17) is 4.74 Å². The van der Waals surface area contributed by atoms with Crippen molar-refractivity contribution in [1.29, 1.82) is 0 Å². The first-order chi connectivity index (χ1) is 6.90. The molecule has 0 aromatic carbocycles. The second kappa shape index (κ2) is 7.00. The highest BCUT2D eigenvalue weighted by Crippen LogP contribution is 2.23. The van der Waals surface area contributed by atoms with Crippen LogP contribution in [0.15, 0.2) is 0 Å². The van der Waals surface area contributed by atoms with Gasteiger partial charge in [0.1, 0.15) is 6.61 Å². The molecule has 0 saturated heterocycles. The molecule has 92 valence electrons. The Kier molecular flexibility index (Phi) is 6.84. The van der Waals surface area contributed by atoms with Gasteiger partial charge in [-0.15, -0.1) is 0 Å². The van der Waals surface area contributed by atoms with E-state index in [1.807, 2.05) is 6.92 Å². The number of alkyl halides is 4. The zero-order valence-electron chi connectivity index (χ0n) is 8.81. The maximum Gasteiger partial charge on any atom is 0.330 e. The van der Waals surface area contributed by atoms with E-state index in [2.05, 4.69) is 4.74 Å².